The Balaban J connectivity index is 1.65. The first-order chi connectivity index (χ1) is 11.1. The lowest BCUT2D eigenvalue weighted by atomic mass is 9.95. The van der Waals surface area contributed by atoms with Crippen LogP contribution in [-0.2, 0) is 14.8 Å². The summed E-state index contributed by atoms with van der Waals surface area (Å²) >= 11 is 0. The zero-order valence-electron chi connectivity index (χ0n) is 13.4. The minimum Gasteiger partial charge on any atom is -0.343 e. The Morgan fingerprint density at radius 2 is 1.74 bits per heavy atom. The predicted octanol–water partition coefficient (Wildman–Crippen LogP) is 2.10. The topological polar surface area (TPSA) is 57.7 Å². The summed E-state index contributed by atoms with van der Waals surface area (Å²) in [7, 11) is -3.44. The van der Waals surface area contributed by atoms with Gasteiger partial charge in [-0.1, -0.05) is 18.2 Å². The molecule has 2 heterocycles. The maximum absolute atomic E-state index is 12.7. The molecule has 126 valence electrons. The van der Waals surface area contributed by atoms with Crippen LogP contribution in [0.15, 0.2) is 35.2 Å². The normalized spacial score (nSPS) is 23.1. The number of likely N-dealkylation sites (tertiary alicyclic amines) is 1. The number of nitrogens with zero attached hydrogens (tertiary/aromatic N) is 2. The smallest absolute Gasteiger partial charge is 0.243 e. The SMILES string of the molecule is O=C(CC1CCCN(S(=O)(=O)c2ccccc2)C1)N1CCCC1. The van der Waals surface area contributed by atoms with Crippen LogP contribution in [0.4, 0.5) is 0 Å². The number of sulfonamides is 1. The number of hydrogen-bond donors (Lipinski definition) is 0. The van der Waals surface area contributed by atoms with Crippen LogP contribution in [-0.4, -0.2) is 49.7 Å². The fourth-order valence-electron chi connectivity index (χ4n) is 3.50. The molecule has 6 heteroatoms. The van der Waals surface area contributed by atoms with Crippen molar-refractivity contribution in [1.82, 2.24) is 9.21 Å². The summed E-state index contributed by atoms with van der Waals surface area (Å²) in [6.45, 7) is 2.72. The highest BCUT2D eigenvalue weighted by Crippen LogP contribution is 2.26. The van der Waals surface area contributed by atoms with Gasteiger partial charge in [-0.25, -0.2) is 8.42 Å². The Morgan fingerprint density at radius 1 is 1.04 bits per heavy atom. The van der Waals surface area contributed by atoms with E-state index in [1.54, 1.807) is 28.6 Å². The highest BCUT2D eigenvalue weighted by molar-refractivity contribution is 7.89. The van der Waals surface area contributed by atoms with Crippen LogP contribution in [0.2, 0.25) is 0 Å². The maximum atomic E-state index is 12.7. The Hall–Kier alpha value is -1.40. The molecule has 2 aliphatic rings. The van der Waals surface area contributed by atoms with Crippen molar-refractivity contribution in [3.8, 4) is 0 Å². The number of piperidine rings is 1. The average Bonchev–Trinajstić information content (AvgIpc) is 3.10. The zero-order chi connectivity index (χ0) is 16.3. The predicted molar refractivity (Wildman–Crippen MR) is 88.4 cm³/mol. The molecular formula is C17H24N2O3S. The van der Waals surface area contributed by atoms with Gasteiger partial charge in [-0.15, -0.1) is 0 Å². The third-order valence-corrected chi connectivity index (χ3v) is 6.66. The average molecular weight is 336 g/mol. The second-order valence-corrected chi connectivity index (χ2v) is 8.41. The standard InChI is InChI=1S/C17H24N2O3S/c20-17(18-10-4-5-11-18)13-15-7-6-12-19(14-15)23(21,22)16-8-2-1-3-9-16/h1-3,8-9,15H,4-7,10-14H2. The summed E-state index contributed by atoms with van der Waals surface area (Å²) in [6, 6.07) is 8.56. The van der Waals surface area contributed by atoms with Gasteiger partial charge in [0.1, 0.15) is 0 Å². The van der Waals surface area contributed by atoms with E-state index in [1.165, 1.54) is 0 Å². The van der Waals surface area contributed by atoms with Crippen molar-refractivity contribution < 1.29 is 13.2 Å². The molecular weight excluding hydrogens is 312 g/mol. The molecule has 23 heavy (non-hydrogen) atoms. The van der Waals surface area contributed by atoms with Crippen LogP contribution in [0, 0.1) is 5.92 Å². The molecule has 2 aliphatic heterocycles. The lowest BCUT2D eigenvalue weighted by Crippen LogP contribution is -2.41. The quantitative estimate of drug-likeness (QED) is 0.846. The zero-order valence-corrected chi connectivity index (χ0v) is 14.2. The van der Waals surface area contributed by atoms with Crippen LogP contribution in [0.3, 0.4) is 0 Å². The molecule has 1 aromatic rings. The molecule has 0 aromatic heterocycles. The molecule has 0 aliphatic carbocycles. The summed E-state index contributed by atoms with van der Waals surface area (Å²) < 4.78 is 27.0. The summed E-state index contributed by atoms with van der Waals surface area (Å²) in [6.07, 6.45) is 4.40. The molecule has 0 bridgehead atoms. The van der Waals surface area contributed by atoms with Crippen molar-refractivity contribution in [2.45, 2.75) is 37.0 Å². The number of benzene rings is 1. The molecule has 1 amide bonds. The fraction of sp³-hybridized carbons (Fsp3) is 0.588. The van der Waals surface area contributed by atoms with Gasteiger partial charge in [0.05, 0.1) is 4.90 Å². The fourth-order valence-corrected chi connectivity index (χ4v) is 5.07. The Labute approximate surface area is 138 Å². The second-order valence-electron chi connectivity index (χ2n) is 6.48. The molecule has 2 saturated heterocycles. The van der Waals surface area contributed by atoms with Crippen molar-refractivity contribution >= 4 is 15.9 Å². The van der Waals surface area contributed by atoms with Crippen LogP contribution < -0.4 is 0 Å². The highest BCUT2D eigenvalue weighted by atomic mass is 32.2. The molecule has 2 fully saturated rings. The van der Waals surface area contributed by atoms with Crippen molar-refractivity contribution in [2.24, 2.45) is 5.92 Å². The first-order valence-corrected chi connectivity index (χ1v) is 9.84. The van der Waals surface area contributed by atoms with Gasteiger partial charge in [0.25, 0.3) is 0 Å². The van der Waals surface area contributed by atoms with Crippen LogP contribution in [0.25, 0.3) is 0 Å². The first kappa shape index (κ1) is 16.5. The lowest BCUT2D eigenvalue weighted by Gasteiger charge is -2.32. The largest absolute Gasteiger partial charge is 0.343 e. The number of carbonyl (C=O) groups is 1. The molecule has 0 spiro atoms. The minimum absolute atomic E-state index is 0.135. The van der Waals surface area contributed by atoms with E-state index in [1.807, 2.05) is 11.0 Å². The van der Waals surface area contributed by atoms with E-state index >= 15 is 0 Å². The highest BCUT2D eigenvalue weighted by Gasteiger charge is 2.32. The lowest BCUT2D eigenvalue weighted by molar-refractivity contribution is -0.131. The van der Waals surface area contributed by atoms with Crippen molar-refractivity contribution in [1.29, 1.82) is 0 Å². The molecule has 5 nitrogen and oxygen atoms in total. The van der Waals surface area contributed by atoms with E-state index < -0.39 is 10.0 Å². The first-order valence-electron chi connectivity index (χ1n) is 8.40. The van der Waals surface area contributed by atoms with Gasteiger partial charge in [-0.3, -0.25) is 4.79 Å². The summed E-state index contributed by atoms with van der Waals surface area (Å²) in [5, 5.41) is 0. The van der Waals surface area contributed by atoms with E-state index in [4.69, 9.17) is 0 Å². The third kappa shape index (κ3) is 3.75. The van der Waals surface area contributed by atoms with E-state index in [2.05, 4.69) is 0 Å². The Bertz CT molecular complexity index is 639. The number of amides is 1. The van der Waals surface area contributed by atoms with E-state index in [9.17, 15) is 13.2 Å². The summed E-state index contributed by atoms with van der Waals surface area (Å²) in [5.74, 6) is 0.321. The van der Waals surface area contributed by atoms with Crippen molar-refractivity contribution in [3.63, 3.8) is 0 Å². The summed E-state index contributed by atoms with van der Waals surface area (Å²) in [4.78, 5) is 14.6. The molecule has 0 saturated carbocycles. The van der Waals surface area contributed by atoms with Gasteiger partial charge in [0, 0.05) is 32.6 Å². The van der Waals surface area contributed by atoms with Gasteiger partial charge >= 0.3 is 0 Å². The maximum Gasteiger partial charge on any atom is 0.243 e. The van der Waals surface area contributed by atoms with Crippen LogP contribution in [0.5, 0.6) is 0 Å². The van der Waals surface area contributed by atoms with E-state index in [-0.39, 0.29) is 11.8 Å². The summed E-state index contributed by atoms with van der Waals surface area (Å²) in [5.41, 5.74) is 0. The number of hydrogen-bond acceptors (Lipinski definition) is 3. The Kier molecular flexibility index (Phi) is 5.02. The van der Waals surface area contributed by atoms with Crippen molar-refractivity contribution in [3.05, 3.63) is 30.3 Å². The van der Waals surface area contributed by atoms with E-state index in [0.717, 1.165) is 38.8 Å². The third-order valence-electron chi connectivity index (χ3n) is 4.78. The van der Waals surface area contributed by atoms with Gasteiger partial charge in [-0.05, 0) is 43.7 Å². The number of rotatable bonds is 4. The molecule has 0 radical (unpaired) electrons. The number of carbonyl (C=O) groups excluding carboxylic acids is 1. The molecule has 1 aromatic carbocycles. The molecule has 0 N–H and O–H groups in total. The van der Waals surface area contributed by atoms with Crippen LogP contribution >= 0.6 is 0 Å². The molecule has 1 unspecified atom stereocenters. The van der Waals surface area contributed by atoms with Crippen LogP contribution in [0.1, 0.15) is 32.1 Å². The van der Waals surface area contributed by atoms with E-state index in [0.29, 0.717) is 24.4 Å². The monoisotopic (exact) mass is 336 g/mol. The van der Waals surface area contributed by atoms with Gasteiger partial charge < -0.3 is 4.90 Å². The molecule has 3 rings (SSSR count). The second kappa shape index (κ2) is 7.01. The van der Waals surface area contributed by atoms with Gasteiger partial charge in [0.2, 0.25) is 15.9 Å². The van der Waals surface area contributed by atoms with Gasteiger partial charge in [-0.2, -0.15) is 4.31 Å². The van der Waals surface area contributed by atoms with Crippen molar-refractivity contribution in [2.75, 3.05) is 26.2 Å². The minimum atomic E-state index is -3.44. The molecule has 1 atom stereocenters. The Morgan fingerprint density at radius 3 is 2.43 bits per heavy atom. The van der Waals surface area contributed by atoms with Gasteiger partial charge in [0.15, 0.2) is 0 Å².